The zero-order valence-electron chi connectivity index (χ0n) is 25.7. The van der Waals surface area contributed by atoms with Gasteiger partial charge in [-0.05, 0) is 55.1 Å². The van der Waals surface area contributed by atoms with E-state index < -0.39 is 5.92 Å². The zero-order valence-corrected chi connectivity index (χ0v) is 26.6. The van der Waals surface area contributed by atoms with Gasteiger partial charge in [-0.1, -0.05) is 70.7 Å². The zero-order chi connectivity index (χ0) is 30.6. The third-order valence-corrected chi connectivity index (χ3v) is 8.76. The molecule has 0 bridgehead atoms. The van der Waals surface area contributed by atoms with Crippen LogP contribution in [0, 0.1) is 5.92 Å². The lowest BCUT2D eigenvalue weighted by Gasteiger charge is -2.23. The number of fused-ring (bicyclic) bond motifs is 1. The summed E-state index contributed by atoms with van der Waals surface area (Å²) in [5.74, 6) is -0.542. The summed E-state index contributed by atoms with van der Waals surface area (Å²) in [6.07, 6.45) is 1.81. The predicted octanol–water partition coefficient (Wildman–Crippen LogP) is 5.69. The van der Waals surface area contributed by atoms with Gasteiger partial charge in [0.15, 0.2) is 5.78 Å². The molecule has 226 valence electrons. The SMILES string of the molecule is C=C(CN(CC)CC)C(=O)CC[C@H](Cc1ccccc1)NC(=O)[C@@H](CC(=O)NC)Cc1nc2ccc(C(C)C)cc2s1. The van der Waals surface area contributed by atoms with Gasteiger partial charge in [0, 0.05) is 44.5 Å². The number of rotatable bonds is 17. The van der Waals surface area contributed by atoms with E-state index in [4.69, 9.17) is 4.98 Å². The molecule has 7 nitrogen and oxygen atoms in total. The number of Topliss-reactive ketones (excluding diaryl/α,β-unsaturated/α-hetero) is 1. The molecule has 2 N–H and O–H groups in total. The van der Waals surface area contributed by atoms with Gasteiger partial charge in [0.05, 0.1) is 21.1 Å². The average Bonchev–Trinajstić information content (AvgIpc) is 3.39. The molecule has 0 aliphatic heterocycles. The summed E-state index contributed by atoms with van der Waals surface area (Å²) in [6.45, 7) is 14.8. The highest BCUT2D eigenvalue weighted by atomic mass is 32.1. The molecule has 3 aromatic rings. The van der Waals surface area contributed by atoms with Gasteiger partial charge in [-0.3, -0.25) is 19.3 Å². The quantitative estimate of drug-likeness (QED) is 0.197. The number of nitrogens with one attached hydrogen (secondary N) is 2. The Kier molecular flexibility index (Phi) is 12.9. The average molecular weight is 591 g/mol. The number of nitrogens with zero attached hydrogens (tertiary/aromatic N) is 2. The van der Waals surface area contributed by atoms with Gasteiger partial charge < -0.3 is 10.6 Å². The molecular formula is C34H46N4O3S. The number of ketones is 1. The second-order valence-corrected chi connectivity index (χ2v) is 12.3. The van der Waals surface area contributed by atoms with Crippen molar-refractivity contribution in [3.05, 3.63) is 76.8 Å². The van der Waals surface area contributed by atoms with Crippen molar-refractivity contribution >= 4 is 39.2 Å². The number of benzene rings is 2. The van der Waals surface area contributed by atoms with Crippen molar-refractivity contribution in [1.82, 2.24) is 20.5 Å². The lowest BCUT2D eigenvalue weighted by atomic mass is 9.95. The minimum atomic E-state index is -0.582. The summed E-state index contributed by atoms with van der Waals surface area (Å²) < 4.78 is 1.08. The van der Waals surface area contributed by atoms with Crippen molar-refractivity contribution in [2.45, 2.75) is 71.8 Å². The van der Waals surface area contributed by atoms with Crippen LogP contribution in [0.3, 0.4) is 0 Å². The maximum Gasteiger partial charge on any atom is 0.224 e. The van der Waals surface area contributed by atoms with Crippen LogP contribution in [0.1, 0.15) is 69.0 Å². The molecule has 1 aromatic heterocycles. The van der Waals surface area contributed by atoms with E-state index in [1.807, 2.05) is 36.4 Å². The Morgan fingerprint density at radius 1 is 1.02 bits per heavy atom. The van der Waals surface area contributed by atoms with E-state index in [1.165, 1.54) is 5.56 Å². The standard InChI is InChI=1S/C34H46N4O3S/c1-7-38(8-2)22-24(5)30(39)17-15-28(18-25-12-10-9-11-13-25)36-34(41)27(20-32(40)35-6)21-33-37-29-16-14-26(23(3)4)19-31(29)42-33/h9-14,16,19,23,27-28H,5,7-8,15,17-18,20-22H2,1-4,6H3,(H,35,40)(H,36,41)/t27-,28+/m0/s1. The third kappa shape index (κ3) is 9.88. The molecule has 3 rings (SSSR count). The fourth-order valence-corrected chi connectivity index (χ4v) is 6.06. The van der Waals surface area contributed by atoms with E-state index >= 15 is 0 Å². The predicted molar refractivity (Wildman–Crippen MR) is 173 cm³/mol. The first-order valence-corrected chi connectivity index (χ1v) is 15.8. The molecule has 0 aliphatic rings. The Labute approximate surface area is 254 Å². The number of thiazole rings is 1. The van der Waals surface area contributed by atoms with E-state index in [0.717, 1.165) is 33.9 Å². The van der Waals surface area contributed by atoms with Crippen LogP contribution in [-0.2, 0) is 27.2 Å². The number of carbonyl (C=O) groups is 3. The lowest BCUT2D eigenvalue weighted by Crippen LogP contribution is -2.42. The Morgan fingerprint density at radius 2 is 1.74 bits per heavy atom. The molecule has 2 amide bonds. The molecule has 2 aromatic carbocycles. The van der Waals surface area contributed by atoms with E-state index in [2.05, 4.69) is 61.9 Å². The summed E-state index contributed by atoms with van der Waals surface area (Å²) in [6, 6.07) is 16.0. The van der Waals surface area contributed by atoms with Crippen molar-refractivity contribution in [1.29, 1.82) is 0 Å². The summed E-state index contributed by atoms with van der Waals surface area (Å²) in [7, 11) is 1.58. The Morgan fingerprint density at radius 3 is 2.38 bits per heavy atom. The lowest BCUT2D eigenvalue weighted by molar-refractivity contribution is -0.130. The second kappa shape index (κ2) is 16.3. The fourth-order valence-electron chi connectivity index (χ4n) is 4.96. The maximum absolute atomic E-state index is 13.7. The van der Waals surface area contributed by atoms with Gasteiger partial charge in [-0.25, -0.2) is 4.98 Å². The molecule has 0 spiro atoms. The van der Waals surface area contributed by atoms with Crippen molar-refractivity contribution in [3.8, 4) is 0 Å². The highest BCUT2D eigenvalue weighted by molar-refractivity contribution is 7.18. The van der Waals surface area contributed by atoms with Crippen molar-refractivity contribution in [2.75, 3.05) is 26.7 Å². The molecule has 8 heteroatoms. The number of likely N-dealkylation sites (N-methyl/N-ethyl adjacent to an activating group) is 1. The molecule has 2 atom stereocenters. The molecule has 0 aliphatic carbocycles. The van der Waals surface area contributed by atoms with Gasteiger partial charge in [0.1, 0.15) is 0 Å². The molecule has 0 fully saturated rings. The van der Waals surface area contributed by atoms with Gasteiger partial charge in [0.2, 0.25) is 11.8 Å². The minimum absolute atomic E-state index is 0.0198. The van der Waals surface area contributed by atoms with Crippen LogP contribution in [0.5, 0.6) is 0 Å². The first-order chi connectivity index (χ1) is 20.1. The molecule has 0 radical (unpaired) electrons. The Hall–Kier alpha value is -3.36. The Balaban J connectivity index is 1.76. The highest BCUT2D eigenvalue weighted by Crippen LogP contribution is 2.28. The van der Waals surface area contributed by atoms with Crippen molar-refractivity contribution < 1.29 is 14.4 Å². The first kappa shape index (κ1) is 33.1. The largest absolute Gasteiger partial charge is 0.359 e. The molecule has 0 saturated carbocycles. The third-order valence-electron chi connectivity index (χ3n) is 7.72. The van der Waals surface area contributed by atoms with Crippen LogP contribution < -0.4 is 10.6 Å². The normalized spacial score (nSPS) is 12.8. The molecule has 42 heavy (non-hydrogen) atoms. The fraction of sp³-hybridized carbons (Fsp3) is 0.471. The number of hydrogen-bond acceptors (Lipinski definition) is 6. The van der Waals surface area contributed by atoms with Gasteiger partial charge in [0.25, 0.3) is 0 Å². The number of hydrogen-bond donors (Lipinski definition) is 2. The van der Waals surface area contributed by atoms with Crippen LogP contribution in [0.4, 0.5) is 0 Å². The van der Waals surface area contributed by atoms with E-state index in [9.17, 15) is 14.4 Å². The highest BCUT2D eigenvalue weighted by Gasteiger charge is 2.26. The number of aromatic nitrogens is 1. The summed E-state index contributed by atoms with van der Waals surface area (Å²) in [5.41, 5.74) is 3.82. The summed E-state index contributed by atoms with van der Waals surface area (Å²) in [4.78, 5) is 46.1. The van der Waals surface area contributed by atoms with Crippen LogP contribution >= 0.6 is 11.3 Å². The van der Waals surface area contributed by atoms with Crippen molar-refractivity contribution in [3.63, 3.8) is 0 Å². The van der Waals surface area contributed by atoms with Crippen LogP contribution in [0.25, 0.3) is 10.2 Å². The molecule has 0 unspecified atom stereocenters. The van der Waals surface area contributed by atoms with Gasteiger partial charge >= 0.3 is 0 Å². The topological polar surface area (TPSA) is 91.4 Å². The van der Waals surface area contributed by atoms with Gasteiger partial charge in [-0.2, -0.15) is 0 Å². The van der Waals surface area contributed by atoms with Gasteiger partial charge in [-0.15, -0.1) is 11.3 Å². The minimum Gasteiger partial charge on any atom is -0.359 e. The summed E-state index contributed by atoms with van der Waals surface area (Å²) >= 11 is 1.58. The Bertz CT molecular complexity index is 1350. The van der Waals surface area contributed by atoms with E-state index in [0.29, 0.717) is 43.7 Å². The smallest absolute Gasteiger partial charge is 0.224 e. The monoisotopic (exact) mass is 590 g/mol. The second-order valence-electron chi connectivity index (χ2n) is 11.2. The molecule has 1 heterocycles. The van der Waals surface area contributed by atoms with Crippen molar-refractivity contribution in [2.24, 2.45) is 5.92 Å². The number of carbonyl (C=O) groups excluding carboxylic acids is 3. The molecule has 0 saturated heterocycles. The van der Waals surface area contributed by atoms with Crippen LogP contribution in [0.2, 0.25) is 0 Å². The van der Waals surface area contributed by atoms with Crippen LogP contribution in [0.15, 0.2) is 60.7 Å². The van der Waals surface area contributed by atoms with E-state index in [-0.39, 0.29) is 30.1 Å². The first-order valence-electron chi connectivity index (χ1n) is 15.0. The number of amides is 2. The summed E-state index contributed by atoms with van der Waals surface area (Å²) in [5, 5.41) is 6.69. The van der Waals surface area contributed by atoms with E-state index in [1.54, 1.807) is 18.4 Å². The maximum atomic E-state index is 13.7. The van der Waals surface area contributed by atoms with Crippen LogP contribution in [-0.4, -0.2) is 60.2 Å². The molecular weight excluding hydrogens is 544 g/mol.